The number of alkyl halides is 3. The summed E-state index contributed by atoms with van der Waals surface area (Å²) < 4.78 is 45.8. The number of aromatic nitrogens is 2. The van der Waals surface area contributed by atoms with Gasteiger partial charge in [-0.15, -0.1) is 0 Å². The lowest BCUT2D eigenvalue weighted by Crippen LogP contribution is -2.40. The highest BCUT2D eigenvalue weighted by molar-refractivity contribution is 5.79. The molecule has 142 valence electrons. The molecular weight excluding hydrogens is 347 g/mol. The summed E-state index contributed by atoms with van der Waals surface area (Å²) in [5.41, 5.74) is 0.242. The van der Waals surface area contributed by atoms with Gasteiger partial charge in [0.15, 0.2) is 5.96 Å². The lowest BCUT2D eigenvalue weighted by Gasteiger charge is -2.21. The monoisotopic (exact) mass is 369 g/mol. The molecule has 1 heterocycles. The molecule has 9 heteroatoms. The van der Waals surface area contributed by atoms with Crippen molar-refractivity contribution >= 4 is 5.96 Å². The molecule has 0 amide bonds. The molecule has 0 aliphatic heterocycles. The topological polar surface area (TPSA) is 54.7 Å². The summed E-state index contributed by atoms with van der Waals surface area (Å²) in [5, 5.41) is 7.18. The molecule has 0 spiro atoms. The second-order valence-electron chi connectivity index (χ2n) is 5.69. The Morgan fingerprint density at radius 3 is 2.69 bits per heavy atom. The van der Waals surface area contributed by atoms with E-state index in [9.17, 15) is 13.2 Å². The average molecular weight is 369 g/mol. The fraction of sp³-hybridized carbons (Fsp3) is 0.412. The number of para-hydroxylation sites is 1. The third kappa shape index (κ3) is 5.40. The predicted octanol–water partition coefficient (Wildman–Crippen LogP) is 2.53. The van der Waals surface area contributed by atoms with Crippen molar-refractivity contribution in [2.75, 3.05) is 27.2 Å². The molecule has 0 saturated heterocycles. The summed E-state index contributed by atoms with van der Waals surface area (Å²) in [6.45, 7) is 0.994. The molecule has 26 heavy (non-hydrogen) atoms. The number of guanidine groups is 1. The quantitative estimate of drug-likeness (QED) is 0.483. The van der Waals surface area contributed by atoms with Crippen LogP contribution in [-0.4, -0.2) is 47.9 Å². The van der Waals surface area contributed by atoms with E-state index >= 15 is 0 Å². The van der Waals surface area contributed by atoms with Crippen LogP contribution in [0.2, 0.25) is 0 Å². The van der Waals surface area contributed by atoms with Gasteiger partial charge in [0.25, 0.3) is 0 Å². The van der Waals surface area contributed by atoms with Crippen LogP contribution in [0.5, 0.6) is 5.75 Å². The summed E-state index contributed by atoms with van der Waals surface area (Å²) in [7, 11) is 5.34. The molecule has 1 aromatic carbocycles. The second-order valence-corrected chi connectivity index (χ2v) is 5.69. The van der Waals surface area contributed by atoms with Gasteiger partial charge in [-0.25, -0.2) is 0 Å². The smallest absolute Gasteiger partial charge is 0.419 e. The van der Waals surface area contributed by atoms with Crippen LogP contribution in [0.1, 0.15) is 11.1 Å². The summed E-state index contributed by atoms with van der Waals surface area (Å²) in [6.07, 6.45) is -0.772. The van der Waals surface area contributed by atoms with Crippen LogP contribution in [0.3, 0.4) is 0 Å². The van der Waals surface area contributed by atoms with Crippen molar-refractivity contribution < 1.29 is 17.9 Å². The van der Waals surface area contributed by atoms with Crippen LogP contribution in [0.15, 0.2) is 41.7 Å². The molecule has 6 nitrogen and oxygen atoms in total. The van der Waals surface area contributed by atoms with E-state index in [-0.39, 0.29) is 12.4 Å². The molecule has 0 atom stereocenters. The van der Waals surface area contributed by atoms with Crippen LogP contribution in [0, 0.1) is 0 Å². The van der Waals surface area contributed by atoms with Crippen molar-refractivity contribution in [3.8, 4) is 5.75 Å². The van der Waals surface area contributed by atoms with Crippen molar-refractivity contribution in [2.45, 2.75) is 12.7 Å². The van der Waals surface area contributed by atoms with Crippen molar-refractivity contribution in [1.82, 2.24) is 20.0 Å². The van der Waals surface area contributed by atoms with Crippen molar-refractivity contribution in [3.05, 3.63) is 47.8 Å². The number of nitrogens with one attached hydrogen (secondary N) is 1. The van der Waals surface area contributed by atoms with E-state index in [2.05, 4.69) is 15.4 Å². The maximum atomic E-state index is 12.9. The van der Waals surface area contributed by atoms with Crippen molar-refractivity contribution in [1.29, 1.82) is 0 Å². The number of rotatable bonds is 6. The summed E-state index contributed by atoms with van der Waals surface area (Å²) in [5.74, 6) is 0.432. The first-order valence-electron chi connectivity index (χ1n) is 7.99. The SMILES string of the molecule is CN=C(NCCOc1ccccc1C(F)(F)F)N(C)Cc1cnn(C)c1. The van der Waals surface area contributed by atoms with Crippen LogP contribution in [0.4, 0.5) is 13.2 Å². The standard InChI is InChI=1S/C17H22F3N5O/c1-21-16(24(2)11-13-10-23-25(3)12-13)22-8-9-26-15-7-5-4-6-14(15)17(18,19)20/h4-7,10,12H,8-9,11H2,1-3H3,(H,21,22). The Morgan fingerprint density at radius 1 is 1.35 bits per heavy atom. The van der Waals surface area contributed by atoms with Gasteiger partial charge in [-0.2, -0.15) is 18.3 Å². The first-order valence-corrected chi connectivity index (χ1v) is 7.99. The Kier molecular flexibility index (Phi) is 6.48. The lowest BCUT2D eigenvalue weighted by atomic mass is 10.2. The third-order valence-corrected chi connectivity index (χ3v) is 3.59. The maximum absolute atomic E-state index is 12.9. The number of hydrogen-bond acceptors (Lipinski definition) is 3. The molecule has 0 saturated carbocycles. The van der Waals surface area contributed by atoms with Gasteiger partial charge in [-0.05, 0) is 12.1 Å². The normalized spacial score (nSPS) is 12.2. The molecule has 1 N–H and O–H groups in total. The average Bonchev–Trinajstić information content (AvgIpc) is 2.99. The summed E-state index contributed by atoms with van der Waals surface area (Å²) in [4.78, 5) is 6.05. The molecular formula is C17H22F3N5O. The minimum Gasteiger partial charge on any atom is -0.491 e. The van der Waals surface area contributed by atoms with Gasteiger partial charge in [0.2, 0.25) is 0 Å². The zero-order chi connectivity index (χ0) is 19.2. The zero-order valence-corrected chi connectivity index (χ0v) is 14.9. The highest BCUT2D eigenvalue weighted by Crippen LogP contribution is 2.35. The van der Waals surface area contributed by atoms with Gasteiger partial charge in [0.1, 0.15) is 12.4 Å². The first kappa shape index (κ1) is 19.6. The van der Waals surface area contributed by atoms with Crippen LogP contribution in [-0.2, 0) is 19.8 Å². The van der Waals surface area contributed by atoms with E-state index in [4.69, 9.17) is 4.74 Å². The van der Waals surface area contributed by atoms with E-state index in [1.807, 2.05) is 25.2 Å². The number of nitrogens with zero attached hydrogens (tertiary/aromatic N) is 4. The summed E-state index contributed by atoms with van der Waals surface area (Å²) in [6, 6.07) is 5.16. The van der Waals surface area contributed by atoms with Crippen molar-refractivity contribution in [2.24, 2.45) is 12.0 Å². The van der Waals surface area contributed by atoms with Crippen LogP contribution >= 0.6 is 0 Å². The van der Waals surface area contributed by atoms with Gasteiger partial charge in [0, 0.05) is 39.4 Å². The molecule has 0 aliphatic rings. The molecule has 0 unspecified atom stereocenters. The van der Waals surface area contributed by atoms with Crippen molar-refractivity contribution in [3.63, 3.8) is 0 Å². The van der Waals surface area contributed by atoms with Gasteiger partial charge in [0.05, 0.1) is 18.3 Å². The van der Waals surface area contributed by atoms with Gasteiger partial charge in [-0.3, -0.25) is 9.67 Å². The number of aryl methyl sites for hydroxylation is 1. The van der Waals surface area contributed by atoms with Gasteiger partial charge >= 0.3 is 6.18 Å². The lowest BCUT2D eigenvalue weighted by molar-refractivity contribution is -0.138. The van der Waals surface area contributed by atoms with Gasteiger partial charge in [-0.1, -0.05) is 12.1 Å². The molecule has 0 radical (unpaired) electrons. The number of ether oxygens (including phenoxy) is 1. The first-order chi connectivity index (χ1) is 12.3. The molecule has 2 rings (SSSR count). The Balaban J connectivity index is 1.85. The molecule has 0 fully saturated rings. The van der Waals surface area contributed by atoms with E-state index in [1.165, 1.54) is 18.2 Å². The highest BCUT2D eigenvalue weighted by atomic mass is 19.4. The number of aliphatic imine (C=N–C) groups is 1. The number of halogens is 3. The largest absolute Gasteiger partial charge is 0.491 e. The Labute approximate surface area is 150 Å². The molecule has 1 aromatic heterocycles. The number of hydrogen-bond donors (Lipinski definition) is 1. The minimum absolute atomic E-state index is 0.0762. The maximum Gasteiger partial charge on any atom is 0.419 e. The molecule has 2 aromatic rings. The van der Waals surface area contributed by atoms with E-state index in [0.29, 0.717) is 19.0 Å². The third-order valence-electron chi connectivity index (χ3n) is 3.59. The van der Waals surface area contributed by atoms with E-state index in [0.717, 1.165) is 11.6 Å². The molecule has 0 bridgehead atoms. The highest BCUT2D eigenvalue weighted by Gasteiger charge is 2.33. The predicted molar refractivity (Wildman–Crippen MR) is 93.0 cm³/mol. The second kappa shape index (κ2) is 8.59. The van der Waals surface area contributed by atoms with Crippen LogP contribution < -0.4 is 10.1 Å². The van der Waals surface area contributed by atoms with E-state index < -0.39 is 11.7 Å². The Hall–Kier alpha value is -2.71. The fourth-order valence-corrected chi connectivity index (χ4v) is 2.44. The minimum atomic E-state index is -4.44. The number of benzene rings is 1. The van der Waals surface area contributed by atoms with Crippen LogP contribution in [0.25, 0.3) is 0 Å². The Bertz CT molecular complexity index is 742. The Morgan fingerprint density at radius 2 is 2.08 bits per heavy atom. The summed E-state index contributed by atoms with van der Waals surface area (Å²) >= 11 is 0. The molecule has 0 aliphatic carbocycles. The van der Waals surface area contributed by atoms with Gasteiger partial charge < -0.3 is 15.0 Å². The zero-order valence-electron chi connectivity index (χ0n) is 14.9. The fourth-order valence-electron chi connectivity index (χ4n) is 2.44. The van der Waals surface area contributed by atoms with E-state index in [1.54, 1.807) is 17.9 Å².